The number of anilines is 1. The maximum absolute atomic E-state index is 13.4. The average Bonchev–Trinajstić information content (AvgIpc) is 3.27. The highest BCUT2D eigenvalue weighted by Crippen LogP contribution is 2.56. The molecule has 2 saturated heterocycles. The summed E-state index contributed by atoms with van der Waals surface area (Å²) in [4.78, 5) is 28.3. The first kappa shape index (κ1) is 20.2. The van der Waals surface area contributed by atoms with Gasteiger partial charge >= 0.3 is 18.4 Å². The number of imide groups is 1. The smallest absolute Gasteiger partial charge is 0.367 e. The van der Waals surface area contributed by atoms with Crippen LogP contribution in [0.5, 0.6) is 0 Å². The molecule has 1 unspecified atom stereocenters. The zero-order chi connectivity index (χ0) is 21.9. The summed E-state index contributed by atoms with van der Waals surface area (Å²) in [7, 11) is 0. The number of aromatic nitrogens is 3. The Bertz CT molecular complexity index is 1000. The summed E-state index contributed by atoms with van der Waals surface area (Å²) < 4.78 is 81.8. The Balaban J connectivity index is 1.76. The number of rotatable bonds is 2. The third kappa shape index (κ3) is 3.01. The Morgan fingerprint density at radius 3 is 2.43 bits per heavy atom. The number of carbonyl (C=O) groups is 2. The van der Waals surface area contributed by atoms with Crippen LogP contribution in [-0.2, 0) is 4.79 Å². The van der Waals surface area contributed by atoms with Crippen molar-refractivity contribution in [1.82, 2.24) is 25.2 Å². The van der Waals surface area contributed by atoms with E-state index in [9.17, 15) is 35.9 Å². The van der Waals surface area contributed by atoms with Crippen LogP contribution in [0.4, 0.5) is 36.8 Å². The maximum Gasteiger partial charge on any atom is 0.404 e. The number of nitrogens with one attached hydrogen (secondary N) is 2. The van der Waals surface area contributed by atoms with Gasteiger partial charge in [-0.25, -0.2) is 14.3 Å². The molecule has 8 nitrogen and oxygen atoms in total. The zero-order valence-corrected chi connectivity index (χ0v) is 15.0. The predicted molar refractivity (Wildman–Crippen MR) is 88.6 cm³/mol. The molecule has 162 valence electrons. The molecule has 14 heteroatoms. The quantitative estimate of drug-likeness (QED) is 0.703. The number of amides is 3. The number of hydrogen-bond donors (Lipinski definition) is 2. The van der Waals surface area contributed by atoms with Gasteiger partial charge < -0.3 is 10.2 Å². The van der Waals surface area contributed by atoms with Gasteiger partial charge in [0, 0.05) is 32.0 Å². The number of nitrogens with zero attached hydrogens (tertiary/aromatic N) is 4. The van der Waals surface area contributed by atoms with Gasteiger partial charge in [0.25, 0.3) is 0 Å². The van der Waals surface area contributed by atoms with E-state index < -0.39 is 55.1 Å². The Morgan fingerprint density at radius 2 is 1.83 bits per heavy atom. The van der Waals surface area contributed by atoms with Crippen molar-refractivity contribution in [2.45, 2.75) is 24.7 Å². The predicted octanol–water partition coefficient (Wildman–Crippen LogP) is 1.97. The molecule has 0 spiro atoms. The Morgan fingerprint density at radius 1 is 1.13 bits per heavy atom. The van der Waals surface area contributed by atoms with E-state index in [0.717, 1.165) is 4.90 Å². The second-order valence-electron chi connectivity index (χ2n) is 7.15. The minimum atomic E-state index is -5.49. The van der Waals surface area contributed by atoms with Crippen LogP contribution in [0.3, 0.4) is 0 Å². The van der Waals surface area contributed by atoms with E-state index in [1.54, 1.807) is 0 Å². The van der Waals surface area contributed by atoms with Gasteiger partial charge in [-0.2, -0.15) is 31.4 Å². The SMILES string of the molecule is O=C1NCC(c2cc(N3CCC(C(F)(F)F)(C(F)(F)F)C3)c3nccn3n2)C(=O)N1. The highest BCUT2D eigenvalue weighted by Gasteiger charge is 2.72. The van der Waals surface area contributed by atoms with Crippen LogP contribution in [0.1, 0.15) is 18.0 Å². The zero-order valence-electron chi connectivity index (χ0n) is 15.0. The molecule has 0 radical (unpaired) electrons. The lowest BCUT2D eigenvalue weighted by atomic mass is 9.85. The van der Waals surface area contributed by atoms with E-state index in [0.29, 0.717) is 0 Å². The first-order valence-electron chi connectivity index (χ1n) is 8.74. The third-order valence-electron chi connectivity index (χ3n) is 5.43. The van der Waals surface area contributed by atoms with Gasteiger partial charge in [-0.1, -0.05) is 0 Å². The lowest BCUT2D eigenvalue weighted by molar-refractivity contribution is -0.332. The van der Waals surface area contributed by atoms with E-state index in [-0.39, 0.29) is 23.6 Å². The second-order valence-corrected chi connectivity index (χ2v) is 7.15. The molecular weight excluding hydrogens is 422 g/mol. The molecule has 2 fully saturated rings. The highest BCUT2D eigenvalue weighted by atomic mass is 19.4. The summed E-state index contributed by atoms with van der Waals surface area (Å²) in [6, 6.07) is 0.534. The summed E-state index contributed by atoms with van der Waals surface area (Å²) in [5.41, 5.74) is -3.75. The van der Waals surface area contributed by atoms with E-state index >= 15 is 0 Å². The van der Waals surface area contributed by atoms with E-state index in [2.05, 4.69) is 15.4 Å². The monoisotopic (exact) mass is 436 g/mol. The summed E-state index contributed by atoms with van der Waals surface area (Å²) in [6.45, 7) is -1.97. The molecule has 2 N–H and O–H groups in total. The number of halogens is 6. The molecule has 30 heavy (non-hydrogen) atoms. The van der Waals surface area contributed by atoms with Crippen molar-refractivity contribution in [3.8, 4) is 0 Å². The van der Waals surface area contributed by atoms with Crippen LogP contribution in [-0.4, -0.2) is 58.5 Å². The molecular formula is C16H14F6N6O2. The molecule has 2 aromatic rings. The van der Waals surface area contributed by atoms with Gasteiger partial charge in [0.1, 0.15) is 0 Å². The number of urea groups is 1. The second kappa shape index (κ2) is 6.47. The van der Waals surface area contributed by atoms with Crippen LogP contribution in [0.2, 0.25) is 0 Å². The molecule has 1 atom stereocenters. The minimum Gasteiger partial charge on any atom is -0.367 e. The Hall–Kier alpha value is -3.06. The average molecular weight is 436 g/mol. The lowest BCUT2D eigenvalue weighted by Gasteiger charge is -2.34. The molecule has 0 aliphatic carbocycles. The van der Waals surface area contributed by atoms with Crippen molar-refractivity contribution in [3.63, 3.8) is 0 Å². The normalized spacial score (nSPS) is 22.3. The molecule has 4 heterocycles. The van der Waals surface area contributed by atoms with Gasteiger partial charge in [0.05, 0.1) is 17.3 Å². The molecule has 3 amide bonds. The number of fused-ring (bicyclic) bond motifs is 1. The molecule has 2 aromatic heterocycles. The van der Waals surface area contributed by atoms with Crippen molar-refractivity contribution in [3.05, 3.63) is 24.2 Å². The summed E-state index contributed by atoms with van der Waals surface area (Å²) in [6.07, 6.45) is -9.50. The fourth-order valence-corrected chi connectivity index (χ4v) is 3.73. The molecule has 0 bridgehead atoms. The van der Waals surface area contributed by atoms with Crippen LogP contribution in [0.25, 0.3) is 5.65 Å². The van der Waals surface area contributed by atoms with Gasteiger partial charge in [0.15, 0.2) is 11.1 Å². The fraction of sp³-hybridized carbons (Fsp3) is 0.500. The summed E-state index contributed by atoms with van der Waals surface area (Å²) in [5, 5.41) is 8.62. The third-order valence-corrected chi connectivity index (χ3v) is 5.43. The number of imidazole rings is 1. The number of hydrogen-bond acceptors (Lipinski definition) is 5. The lowest BCUT2D eigenvalue weighted by Crippen LogP contribution is -2.52. The Kier molecular flexibility index (Phi) is 4.36. The van der Waals surface area contributed by atoms with E-state index in [1.165, 1.54) is 23.0 Å². The van der Waals surface area contributed by atoms with Gasteiger partial charge in [-0.05, 0) is 12.5 Å². The Labute approximate surface area is 164 Å². The standard InChI is InChI=1S/C16H14F6N6O2/c17-15(18,19)14(16(20,21)22)1-3-27(7-14)10-5-9(26-28-4-2-23-11(10)28)8-6-24-13(30)25-12(8)29/h2,4-5,8H,1,3,6-7H2,(H2,24,25,29,30). The van der Waals surface area contributed by atoms with Crippen molar-refractivity contribution >= 4 is 23.3 Å². The van der Waals surface area contributed by atoms with E-state index in [1.807, 2.05) is 5.32 Å². The van der Waals surface area contributed by atoms with Crippen molar-refractivity contribution in [1.29, 1.82) is 0 Å². The first-order valence-corrected chi connectivity index (χ1v) is 8.74. The minimum absolute atomic E-state index is 0.00919. The summed E-state index contributed by atoms with van der Waals surface area (Å²) in [5.74, 6) is -1.65. The van der Waals surface area contributed by atoms with Crippen LogP contribution in [0.15, 0.2) is 18.5 Å². The molecule has 4 rings (SSSR count). The van der Waals surface area contributed by atoms with Crippen molar-refractivity contribution in [2.75, 3.05) is 24.5 Å². The topological polar surface area (TPSA) is 91.6 Å². The van der Waals surface area contributed by atoms with Gasteiger partial charge in [-0.15, -0.1) is 0 Å². The van der Waals surface area contributed by atoms with Gasteiger partial charge in [0.2, 0.25) is 5.91 Å². The van der Waals surface area contributed by atoms with Crippen LogP contribution < -0.4 is 15.5 Å². The number of carbonyl (C=O) groups excluding carboxylic acids is 2. The molecule has 2 aliphatic heterocycles. The molecule has 0 aromatic carbocycles. The van der Waals surface area contributed by atoms with E-state index in [4.69, 9.17) is 0 Å². The van der Waals surface area contributed by atoms with Crippen molar-refractivity contribution in [2.24, 2.45) is 5.41 Å². The van der Waals surface area contributed by atoms with Crippen molar-refractivity contribution < 1.29 is 35.9 Å². The molecule has 0 saturated carbocycles. The largest absolute Gasteiger partial charge is 0.404 e. The molecule has 2 aliphatic rings. The highest BCUT2D eigenvalue weighted by molar-refractivity contribution is 6.00. The first-order chi connectivity index (χ1) is 13.9. The summed E-state index contributed by atoms with van der Waals surface area (Å²) >= 11 is 0. The number of alkyl halides is 6. The van der Waals surface area contributed by atoms with Gasteiger partial charge in [-0.3, -0.25) is 10.1 Å². The fourth-order valence-electron chi connectivity index (χ4n) is 3.73. The van der Waals surface area contributed by atoms with Crippen LogP contribution >= 0.6 is 0 Å². The maximum atomic E-state index is 13.4. The van der Waals surface area contributed by atoms with Crippen LogP contribution in [0, 0.1) is 5.41 Å².